The maximum atomic E-state index is 10.6. The van der Waals surface area contributed by atoms with Crippen LogP contribution < -0.4 is 11.5 Å². The lowest BCUT2D eigenvalue weighted by atomic mass is 10.2. The smallest absolute Gasteiger partial charge is 0.475 e. The van der Waals surface area contributed by atoms with E-state index in [2.05, 4.69) is 10.2 Å². The standard InChI is InChI=1S/C8H8Cl2N4.2C2HF3O2/c9-6-2-1-3-7(10)5(6)4-13-14-8(11)12;2*3-2(4,5)1(6)7/h1-4H,(H4,11,12,14);2*(H,6,7)/b13-4+;;. The van der Waals surface area contributed by atoms with Crippen molar-refractivity contribution in [2.24, 2.45) is 21.7 Å². The average Bonchev–Trinajstić information content (AvgIpc) is 2.49. The summed E-state index contributed by atoms with van der Waals surface area (Å²) in [4.78, 5) is 17.8. The van der Waals surface area contributed by atoms with Gasteiger partial charge in [0.15, 0.2) is 0 Å². The molecule has 0 unspecified atom stereocenters. The zero-order valence-corrected chi connectivity index (χ0v) is 14.6. The van der Waals surface area contributed by atoms with Gasteiger partial charge in [-0.05, 0) is 12.1 Å². The third-order valence-electron chi connectivity index (χ3n) is 1.84. The van der Waals surface area contributed by atoms with Crippen LogP contribution in [0, 0.1) is 0 Å². The van der Waals surface area contributed by atoms with E-state index in [0.29, 0.717) is 15.6 Å². The number of rotatable bonds is 2. The molecule has 0 radical (unpaired) electrons. The van der Waals surface area contributed by atoms with E-state index >= 15 is 0 Å². The van der Waals surface area contributed by atoms with Crippen molar-refractivity contribution in [1.29, 1.82) is 0 Å². The molecule has 0 saturated heterocycles. The van der Waals surface area contributed by atoms with Crippen molar-refractivity contribution < 1.29 is 46.1 Å². The Morgan fingerprint density at radius 1 is 0.929 bits per heavy atom. The highest BCUT2D eigenvalue weighted by Crippen LogP contribution is 2.22. The predicted molar refractivity (Wildman–Crippen MR) is 87.2 cm³/mol. The van der Waals surface area contributed by atoms with E-state index in [1.807, 2.05) is 0 Å². The second-order valence-electron chi connectivity index (χ2n) is 4.01. The molecule has 1 rings (SSSR count). The number of halogens is 8. The van der Waals surface area contributed by atoms with Gasteiger partial charge in [-0.1, -0.05) is 29.3 Å². The fourth-order valence-electron chi connectivity index (χ4n) is 0.787. The molecule has 16 heteroatoms. The lowest BCUT2D eigenvalue weighted by Gasteiger charge is -1.98. The number of alkyl halides is 6. The summed E-state index contributed by atoms with van der Waals surface area (Å²) in [7, 11) is 0. The lowest BCUT2D eigenvalue weighted by molar-refractivity contribution is -0.193. The number of nitrogens with zero attached hydrogens (tertiary/aromatic N) is 2. The monoisotopic (exact) mass is 458 g/mol. The molecule has 0 atom stereocenters. The van der Waals surface area contributed by atoms with Crippen LogP contribution in [0.15, 0.2) is 28.4 Å². The first kappa shape index (κ1) is 27.5. The van der Waals surface area contributed by atoms with Gasteiger partial charge in [-0.3, -0.25) is 0 Å². The highest BCUT2D eigenvalue weighted by molar-refractivity contribution is 6.38. The second kappa shape index (κ2) is 11.9. The number of hydrogen-bond donors (Lipinski definition) is 4. The van der Waals surface area contributed by atoms with Crippen LogP contribution in [-0.2, 0) is 9.59 Å². The van der Waals surface area contributed by atoms with Crippen LogP contribution in [0.5, 0.6) is 0 Å². The molecule has 0 aromatic heterocycles. The van der Waals surface area contributed by atoms with Gasteiger partial charge in [0.1, 0.15) is 0 Å². The van der Waals surface area contributed by atoms with Crippen LogP contribution in [0.2, 0.25) is 10.0 Å². The van der Waals surface area contributed by atoms with Gasteiger partial charge in [0.05, 0.1) is 16.3 Å². The summed E-state index contributed by atoms with van der Waals surface area (Å²) in [6.07, 6.45) is -8.77. The first-order valence-corrected chi connectivity index (χ1v) is 6.92. The largest absolute Gasteiger partial charge is 0.490 e. The molecule has 0 bridgehead atoms. The van der Waals surface area contributed by atoms with Crippen molar-refractivity contribution in [3.63, 3.8) is 0 Å². The molecular weight excluding hydrogens is 449 g/mol. The molecule has 0 saturated carbocycles. The van der Waals surface area contributed by atoms with Crippen molar-refractivity contribution in [3.05, 3.63) is 33.8 Å². The molecule has 0 aliphatic carbocycles. The Morgan fingerprint density at radius 2 is 1.25 bits per heavy atom. The van der Waals surface area contributed by atoms with Crippen LogP contribution in [-0.4, -0.2) is 46.7 Å². The van der Waals surface area contributed by atoms with Crippen molar-refractivity contribution in [2.45, 2.75) is 12.4 Å². The summed E-state index contributed by atoms with van der Waals surface area (Å²) >= 11 is 11.7. The van der Waals surface area contributed by atoms with Crippen LogP contribution in [0.3, 0.4) is 0 Å². The van der Waals surface area contributed by atoms with E-state index in [9.17, 15) is 26.3 Å². The molecule has 158 valence electrons. The topological polar surface area (TPSA) is 151 Å². The highest BCUT2D eigenvalue weighted by atomic mass is 35.5. The molecule has 28 heavy (non-hydrogen) atoms. The van der Waals surface area contributed by atoms with Crippen molar-refractivity contribution >= 4 is 47.3 Å². The quantitative estimate of drug-likeness (QED) is 0.231. The van der Waals surface area contributed by atoms with Gasteiger partial charge >= 0.3 is 24.3 Å². The summed E-state index contributed by atoms with van der Waals surface area (Å²) in [6.45, 7) is 0. The molecular formula is C12H10Cl2F6N4O4. The van der Waals surface area contributed by atoms with Crippen molar-refractivity contribution in [2.75, 3.05) is 0 Å². The second-order valence-corrected chi connectivity index (χ2v) is 4.82. The molecule has 1 aromatic carbocycles. The number of carboxylic acids is 2. The summed E-state index contributed by atoms with van der Waals surface area (Å²) in [5, 5.41) is 22.3. The number of aliphatic carboxylic acids is 2. The number of carboxylic acid groups (broad SMARTS) is 2. The molecule has 1 aromatic rings. The number of nitrogens with two attached hydrogens (primary N) is 2. The molecule has 0 amide bonds. The number of hydrogen-bond acceptors (Lipinski definition) is 4. The zero-order valence-electron chi connectivity index (χ0n) is 13.1. The van der Waals surface area contributed by atoms with Gasteiger partial charge in [-0.25, -0.2) is 9.59 Å². The van der Waals surface area contributed by atoms with Crippen molar-refractivity contribution in [3.8, 4) is 0 Å². The van der Waals surface area contributed by atoms with Gasteiger partial charge in [-0.15, -0.1) is 5.10 Å². The third kappa shape index (κ3) is 13.5. The van der Waals surface area contributed by atoms with Crippen LogP contribution >= 0.6 is 23.2 Å². The Hall–Kier alpha value is -2.74. The fourth-order valence-corrected chi connectivity index (χ4v) is 1.28. The van der Waals surface area contributed by atoms with E-state index in [-0.39, 0.29) is 5.96 Å². The maximum absolute atomic E-state index is 10.6. The maximum Gasteiger partial charge on any atom is 0.490 e. The van der Waals surface area contributed by atoms with Gasteiger partial charge in [0.25, 0.3) is 0 Å². The molecule has 0 spiro atoms. The predicted octanol–water partition coefficient (Wildman–Crippen LogP) is 2.87. The molecule has 0 fully saturated rings. The zero-order chi connectivity index (χ0) is 22.7. The first-order chi connectivity index (χ1) is 12.5. The Bertz CT molecular complexity index is 690. The van der Waals surface area contributed by atoms with Crippen molar-refractivity contribution in [1.82, 2.24) is 0 Å². The minimum absolute atomic E-state index is 0.121. The van der Waals surface area contributed by atoms with E-state index in [1.165, 1.54) is 6.21 Å². The summed E-state index contributed by atoms with van der Waals surface area (Å²) < 4.78 is 63.5. The molecule has 0 heterocycles. The van der Waals surface area contributed by atoms with E-state index < -0.39 is 24.3 Å². The molecule has 0 aliphatic heterocycles. The van der Waals surface area contributed by atoms with Gasteiger partial charge in [0, 0.05) is 5.56 Å². The van der Waals surface area contributed by atoms with E-state index in [0.717, 1.165) is 0 Å². The minimum atomic E-state index is -5.08. The van der Waals surface area contributed by atoms with Crippen LogP contribution in [0.25, 0.3) is 0 Å². The summed E-state index contributed by atoms with van der Waals surface area (Å²) in [5.74, 6) is -5.63. The average molecular weight is 459 g/mol. The minimum Gasteiger partial charge on any atom is -0.475 e. The summed E-state index contributed by atoms with van der Waals surface area (Å²) in [6, 6.07) is 5.14. The van der Waals surface area contributed by atoms with Crippen LogP contribution in [0.1, 0.15) is 5.56 Å². The number of guanidine groups is 1. The Morgan fingerprint density at radius 3 is 1.50 bits per heavy atom. The highest BCUT2D eigenvalue weighted by Gasteiger charge is 2.38. The number of carbonyl (C=O) groups is 2. The van der Waals surface area contributed by atoms with E-state index in [4.69, 9.17) is 54.5 Å². The Kier molecular flexibility index (Phi) is 11.6. The number of benzene rings is 1. The summed E-state index contributed by atoms with van der Waals surface area (Å²) in [5.41, 5.74) is 10.7. The SMILES string of the molecule is NC(N)=N/N=C/c1c(Cl)cccc1Cl.O=C(O)C(F)(F)F.O=C(O)C(F)(F)F. The van der Waals surface area contributed by atoms with Gasteiger partial charge in [0.2, 0.25) is 5.96 Å². The first-order valence-electron chi connectivity index (χ1n) is 6.16. The van der Waals surface area contributed by atoms with Gasteiger partial charge < -0.3 is 21.7 Å². The molecule has 6 N–H and O–H groups in total. The lowest BCUT2D eigenvalue weighted by Crippen LogP contribution is -2.21. The Labute approximate surface area is 162 Å². The third-order valence-corrected chi connectivity index (χ3v) is 2.50. The normalized spacial score (nSPS) is 10.9. The molecule has 8 nitrogen and oxygen atoms in total. The Balaban J connectivity index is 0. The fraction of sp³-hybridized carbons (Fsp3) is 0.167. The van der Waals surface area contributed by atoms with E-state index in [1.54, 1.807) is 18.2 Å². The van der Waals surface area contributed by atoms with Crippen LogP contribution in [0.4, 0.5) is 26.3 Å². The van der Waals surface area contributed by atoms with Gasteiger partial charge in [-0.2, -0.15) is 31.4 Å². The molecule has 0 aliphatic rings.